The van der Waals surface area contributed by atoms with Crippen molar-refractivity contribution in [3.63, 3.8) is 0 Å². The molecule has 260 valence electrons. The molecule has 0 fully saturated rings. The lowest BCUT2D eigenvalue weighted by Crippen LogP contribution is -2.39. The third-order valence-electron chi connectivity index (χ3n) is 10.3. The highest BCUT2D eigenvalue weighted by Gasteiger charge is 2.26. The molecule has 0 aliphatic carbocycles. The molecule has 2 nitrogen and oxygen atoms in total. The second kappa shape index (κ2) is 29.9. The summed E-state index contributed by atoms with van der Waals surface area (Å²) in [6, 6.07) is 11.1. The van der Waals surface area contributed by atoms with Gasteiger partial charge in [-0.1, -0.05) is 212 Å². The Balaban J connectivity index is 1.50. The van der Waals surface area contributed by atoms with E-state index in [1.54, 1.807) is 0 Å². The van der Waals surface area contributed by atoms with E-state index < -0.39 is 0 Å². The molecule has 0 N–H and O–H groups in total. The maximum atomic E-state index is 2.65. The van der Waals surface area contributed by atoms with Gasteiger partial charge in [-0.2, -0.15) is 0 Å². The molecule has 1 aliphatic heterocycles. The zero-order valence-corrected chi connectivity index (χ0v) is 30.6. The van der Waals surface area contributed by atoms with Gasteiger partial charge in [-0.3, -0.25) is 0 Å². The summed E-state index contributed by atoms with van der Waals surface area (Å²) in [6.07, 6.45) is 49.6. The maximum Gasteiger partial charge on any atom is 0.105 e. The number of nitrogens with zero attached hydrogens (tertiary/aromatic N) is 2. The molecule has 0 saturated heterocycles. The average Bonchev–Trinajstić information content (AvgIpc) is 3.47. The van der Waals surface area contributed by atoms with Crippen LogP contribution in [0.15, 0.2) is 42.7 Å². The molecule has 1 aromatic carbocycles. The van der Waals surface area contributed by atoms with Gasteiger partial charge >= 0.3 is 0 Å². The fourth-order valence-electron chi connectivity index (χ4n) is 7.27. The van der Waals surface area contributed by atoms with Crippen LogP contribution in [-0.4, -0.2) is 17.6 Å². The van der Waals surface area contributed by atoms with Crippen LogP contribution < -0.4 is 4.90 Å². The highest BCUT2D eigenvalue weighted by Crippen LogP contribution is 2.28. The Morgan fingerprint density at radius 2 is 0.756 bits per heavy atom. The zero-order valence-electron chi connectivity index (χ0n) is 30.6. The fraction of sp³-hybridized carbons (Fsp3) is 0.814. The topological polar surface area (TPSA) is 6.48 Å². The minimum atomic E-state index is 0.501. The SMILES string of the molecule is CCCCCCCCCCCCCCCCCCC1N(CCCCCCCCCCCCCCCC)C=CN1c1ccccc1. The maximum absolute atomic E-state index is 2.65. The average molecular weight is 623 g/mol. The van der Waals surface area contributed by atoms with Crippen LogP contribution in [-0.2, 0) is 0 Å². The van der Waals surface area contributed by atoms with E-state index in [2.05, 4.69) is 66.4 Å². The van der Waals surface area contributed by atoms with Gasteiger partial charge < -0.3 is 9.80 Å². The summed E-state index contributed by atoms with van der Waals surface area (Å²) in [5.74, 6) is 0. The molecule has 0 spiro atoms. The lowest BCUT2D eigenvalue weighted by atomic mass is 10.0. The number of hydrogen-bond donors (Lipinski definition) is 0. The van der Waals surface area contributed by atoms with Gasteiger partial charge in [-0.05, 0) is 31.4 Å². The van der Waals surface area contributed by atoms with E-state index >= 15 is 0 Å². The second-order valence-electron chi connectivity index (χ2n) is 14.4. The minimum Gasteiger partial charge on any atom is -0.356 e. The van der Waals surface area contributed by atoms with E-state index in [9.17, 15) is 0 Å². The fourth-order valence-corrected chi connectivity index (χ4v) is 7.27. The van der Waals surface area contributed by atoms with Crippen molar-refractivity contribution in [2.45, 2.75) is 219 Å². The molecule has 0 amide bonds. The Hall–Kier alpha value is -1.44. The summed E-state index contributed by atoms with van der Waals surface area (Å²) in [5, 5.41) is 0. The number of para-hydroxylation sites is 1. The van der Waals surface area contributed by atoms with E-state index in [0.29, 0.717) is 6.17 Å². The molecule has 0 radical (unpaired) electrons. The van der Waals surface area contributed by atoms with Gasteiger partial charge in [-0.25, -0.2) is 0 Å². The molecule has 1 aliphatic rings. The van der Waals surface area contributed by atoms with Crippen molar-refractivity contribution < 1.29 is 0 Å². The summed E-state index contributed by atoms with van der Waals surface area (Å²) in [7, 11) is 0. The van der Waals surface area contributed by atoms with Crippen LogP contribution in [0.25, 0.3) is 0 Å². The van der Waals surface area contributed by atoms with Crippen LogP contribution in [0, 0.1) is 0 Å². The largest absolute Gasteiger partial charge is 0.356 e. The Morgan fingerprint density at radius 1 is 0.400 bits per heavy atom. The molecule has 1 atom stereocenters. The smallest absolute Gasteiger partial charge is 0.105 e. The van der Waals surface area contributed by atoms with Crippen molar-refractivity contribution in [3.05, 3.63) is 42.7 Å². The molecular formula is C43H78N2. The molecule has 0 bridgehead atoms. The summed E-state index contributed by atoms with van der Waals surface area (Å²) >= 11 is 0. The van der Waals surface area contributed by atoms with E-state index in [0.717, 1.165) is 0 Å². The van der Waals surface area contributed by atoms with Crippen LogP contribution >= 0.6 is 0 Å². The number of anilines is 1. The van der Waals surface area contributed by atoms with E-state index in [-0.39, 0.29) is 0 Å². The third-order valence-corrected chi connectivity index (χ3v) is 10.3. The molecule has 0 aromatic heterocycles. The Kier molecular flexibility index (Phi) is 26.4. The van der Waals surface area contributed by atoms with E-state index in [1.165, 1.54) is 211 Å². The number of hydrogen-bond acceptors (Lipinski definition) is 2. The van der Waals surface area contributed by atoms with Gasteiger partial charge in [0, 0.05) is 24.6 Å². The van der Waals surface area contributed by atoms with Crippen molar-refractivity contribution in [1.29, 1.82) is 0 Å². The zero-order chi connectivity index (χ0) is 31.9. The summed E-state index contributed by atoms with van der Waals surface area (Å²) in [6.45, 7) is 5.83. The monoisotopic (exact) mass is 623 g/mol. The van der Waals surface area contributed by atoms with Crippen molar-refractivity contribution in [2.24, 2.45) is 0 Å². The van der Waals surface area contributed by atoms with Crippen LogP contribution in [0.3, 0.4) is 0 Å². The quantitative estimate of drug-likeness (QED) is 0.0720. The first-order valence-electron chi connectivity index (χ1n) is 20.6. The summed E-state index contributed by atoms with van der Waals surface area (Å²) in [5.41, 5.74) is 1.35. The van der Waals surface area contributed by atoms with Crippen LogP contribution in [0.1, 0.15) is 213 Å². The first-order chi connectivity index (χ1) is 22.4. The predicted octanol–water partition coefficient (Wildman–Crippen LogP) is 14.7. The third kappa shape index (κ3) is 21.1. The summed E-state index contributed by atoms with van der Waals surface area (Å²) in [4.78, 5) is 5.19. The van der Waals surface area contributed by atoms with Crippen molar-refractivity contribution in [1.82, 2.24) is 4.90 Å². The normalized spacial score (nSPS) is 14.7. The number of rotatable bonds is 33. The Bertz CT molecular complexity index is 758. The first-order valence-corrected chi connectivity index (χ1v) is 20.6. The van der Waals surface area contributed by atoms with Crippen molar-refractivity contribution in [3.8, 4) is 0 Å². The molecule has 45 heavy (non-hydrogen) atoms. The highest BCUT2D eigenvalue weighted by molar-refractivity contribution is 5.51. The molecule has 1 heterocycles. The van der Waals surface area contributed by atoms with Crippen molar-refractivity contribution >= 4 is 5.69 Å². The van der Waals surface area contributed by atoms with Crippen LogP contribution in [0.4, 0.5) is 5.69 Å². The number of unbranched alkanes of at least 4 members (excludes halogenated alkanes) is 28. The highest BCUT2D eigenvalue weighted by atomic mass is 15.4. The minimum absolute atomic E-state index is 0.501. The van der Waals surface area contributed by atoms with Gasteiger partial charge in [0.2, 0.25) is 0 Å². The van der Waals surface area contributed by atoms with Gasteiger partial charge in [0.05, 0.1) is 0 Å². The first kappa shape index (κ1) is 39.7. The lowest BCUT2D eigenvalue weighted by Gasteiger charge is -2.33. The van der Waals surface area contributed by atoms with Gasteiger partial charge in [0.25, 0.3) is 0 Å². The molecular weight excluding hydrogens is 544 g/mol. The lowest BCUT2D eigenvalue weighted by molar-refractivity contribution is 0.273. The van der Waals surface area contributed by atoms with Crippen LogP contribution in [0.2, 0.25) is 0 Å². The number of benzene rings is 1. The predicted molar refractivity (Wildman–Crippen MR) is 203 cm³/mol. The molecule has 0 saturated carbocycles. The molecule has 2 rings (SSSR count). The van der Waals surface area contributed by atoms with Crippen molar-refractivity contribution in [2.75, 3.05) is 11.4 Å². The van der Waals surface area contributed by atoms with Gasteiger partial charge in [0.1, 0.15) is 6.17 Å². The Morgan fingerprint density at radius 3 is 1.16 bits per heavy atom. The molecule has 1 unspecified atom stereocenters. The molecule has 1 aromatic rings. The molecule has 2 heteroatoms. The van der Waals surface area contributed by atoms with E-state index in [4.69, 9.17) is 0 Å². The second-order valence-corrected chi connectivity index (χ2v) is 14.4. The van der Waals surface area contributed by atoms with E-state index in [1.807, 2.05) is 0 Å². The standard InChI is InChI=1S/C43H78N2/c1-3-5-7-9-11-13-15-17-19-20-21-23-25-27-29-34-38-43-44(40-41-45(43)42-36-32-31-33-37-42)39-35-30-28-26-24-22-18-16-14-12-10-8-6-4-2/h31-33,36-37,40-41,43H,3-30,34-35,38-39H2,1-2H3. The Labute approximate surface area is 283 Å². The van der Waals surface area contributed by atoms with Gasteiger partial charge in [-0.15, -0.1) is 0 Å². The summed E-state index contributed by atoms with van der Waals surface area (Å²) < 4.78 is 0. The van der Waals surface area contributed by atoms with Gasteiger partial charge in [0.15, 0.2) is 0 Å². The van der Waals surface area contributed by atoms with Crippen LogP contribution in [0.5, 0.6) is 0 Å².